The number of carbonyl (C=O) groups excluding carboxylic acids is 1. The summed E-state index contributed by atoms with van der Waals surface area (Å²) in [5.41, 5.74) is -0.514. The minimum atomic E-state index is -0.514. The molecule has 0 aromatic carbocycles. The Morgan fingerprint density at radius 3 is 2.82 bits per heavy atom. The molecule has 1 aliphatic rings. The van der Waals surface area contributed by atoms with Crippen LogP contribution in [0.25, 0.3) is 0 Å². The predicted molar refractivity (Wildman–Crippen MR) is 66.9 cm³/mol. The van der Waals surface area contributed by atoms with Crippen LogP contribution >= 0.6 is 0 Å². The molecule has 0 aliphatic heterocycles. The van der Waals surface area contributed by atoms with Gasteiger partial charge in [-0.15, -0.1) is 0 Å². The Labute approximate surface area is 104 Å². The molecule has 0 saturated heterocycles. The summed E-state index contributed by atoms with van der Waals surface area (Å²) >= 11 is 0. The monoisotopic (exact) mass is 243 g/mol. The first kappa shape index (κ1) is 14.5. The van der Waals surface area contributed by atoms with Crippen molar-refractivity contribution in [2.75, 3.05) is 20.3 Å². The molecule has 2 unspecified atom stereocenters. The Morgan fingerprint density at radius 2 is 2.24 bits per heavy atom. The number of esters is 1. The maximum absolute atomic E-state index is 11.9. The van der Waals surface area contributed by atoms with E-state index >= 15 is 0 Å². The van der Waals surface area contributed by atoms with Crippen LogP contribution < -0.4 is 5.32 Å². The van der Waals surface area contributed by atoms with E-state index in [0.29, 0.717) is 0 Å². The summed E-state index contributed by atoms with van der Waals surface area (Å²) in [5, 5.41) is 3.27. The molecule has 1 N–H and O–H groups in total. The summed E-state index contributed by atoms with van der Waals surface area (Å²) in [6.45, 7) is 5.73. The van der Waals surface area contributed by atoms with Gasteiger partial charge in [0.1, 0.15) is 5.54 Å². The van der Waals surface area contributed by atoms with Gasteiger partial charge in [-0.05, 0) is 25.8 Å². The largest absolute Gasteiger partial charge is 0.468 e. The van der Waals surface area contributed by atoms with E-state index in [-0.39, 0.29) is 12.1 Å². The molecule has 1 saturated carbocycles. The smallest absolute Gasteiger partial charge is 0.326 e. The van der Waals surface area contributed by atoms with Crippen molar-refractivity contribution >= 4 is 5.97 Å². The topological polar surface area (TPSA) is 47.6 Å². The lowest BCUT2D eigenvalue weighted by molar-refractivity contribution is -0.148. The second kappa shape index (κ2) is 6.97. The molecule has 4 nitrogen and oxygen atoms in total. The van der Waals surface area contributed by atoms with Crippen LogP contribution in [-0.2, 0) is 14.3 Å². The number of ether oxygens (including phenoxy) is 2. The molecule has 17 heavy (non-hydrogen) atoms. The molecular formula is C13H25NO3. The van der Waals surface area contributed by atoms with E-state index in [9.17, 15) is 4.79 Å². The third kappa shape index (κ3) is 3.68. The quantitative estimate of drug-likeness (QED) is 0.548. The first-order chi connectivity index (χ1) is 8.18. The standard InChI is InChI=1S/C13H25NO3/c1-4-6-9-17-11-7-8-13(10-11,14-5-2)12(15)16-3/h11,14H,4-10H2,1-3H3. The van der Waals surface area contributed by atoms with E-state index < -0.39 is 5.54 Å². The van der Waals surface area contributed by atoms with E-state index in [1.54, 1.807) is 0 Å². The van der Waals surface area contributed by atoms with Crippen LogP contribution in [-0.4, -0.2) is 37.9 Å². The molecule has 0 amide bonds. The van der Waals surface area contributed by atoms with Crippen LogP contribution in [0.5, 0.6) is 0 Å². The fraction of sp³-hybridized carbons (Fsp3) is 0.923. The van der Waals surface area contributed by atoms with Gasteiger partial charge in [0.05, 0.1) is 13.2 Å². The first-order valence-corrected chi connectivity index (χ1v) is 6.63. The zero-order chi connectivity index (χ0) is 12.7. The van der Waals surface area contributed by atoms with Gasteiger partial charge in [0.2, 0.25) is 0 Å². The fourth-order valence-corrected chi connectivity index (χ4v) is 2.49. The van der Waals surface area contributed by atoms with Crippen molar-refractivity contribution in [3.63, 3.8) is 0 Å². The molecule has 2 atom stereocenters. The van der Waals surface area contributed by atoms with Gasteiger partial charge in [-0.2, -0.15) is 0 Å². The summed E-state index contributed by atoms with van der Waals surface area (Å²) in [4.78, 5) is 11.9. The molecule has 0 aromatic rings. The molecule has 0 aromatic heterocycles. The molecule has 1 aliphatic carbocycles. The minimum Gasteiger partial charge on any atom is -0.468 e. The second-order valence-electron chi connectivity index (χ2n) is 4.69. The normalized spacial score (nSPS) is 28.3. The lowest BCUT2D eigenvalue weighted by atomic mass is 9.97. The van der Waals surface area contributed by atoms with E-state index in [4.69, 9.17) is 9.47 Å². The lowest BCUT2D eigenvalue weighted by Crippen LogP contribution is -2.51. The lowest BCUT2D eigenvalue weighted by Gasteiger charge is -2.27. The van der Waals surface area contributed by atoms with Gasteiger partial charge in [0.15, 0.2) is 0 Å². The van der Waals surface area contributed by atoms with Crippen molar-refractivity contribution in [3.05, 3.63) is 0 Å². The Balaban J connectivity index is 2.49. The number of hydrogen-bond acceptors (Lipinski definition) is 4. The summed E-state index contributed by atoms with van der Waals surface area (Å²) in [6.07, 6.45) is 4.90. The van der Waals surface area contributed by atoms with Crippen LogP contribution in [0.1, 0.15) is 46.0 Å². The zero-order valence-electron chi connectivity index (χ0n) is 11.3. The third-order valence-corrected chi connectivity index (χ3v) is 3.41. The Kier molecular flexibility index (Phi) is 5.92. The molecule has 1 fully saturated rings. The Hall–Kier alpha value is -0.610. The van der Waals surface area contributed by atoms with Gasteiger partial charge in [-0.3, -0.25) is 4.79 Å². The third-order valence-electron chi connectivity index (χ3n) is 3.41. The van der Waals surface area contributed by atoms with E-state index in [2.05, 4.69) is 12.2 Å². The Bertz CT molecular complexity index is 245. The van der Waals surface area contributed by atoms with Gasteiger partial charge in [-0.1, -0.05) is 20.3 Å². The van der Waals surface area contributed by atoms with Crippen LogP contribution in [0.3, 0.4) is 0 Å². The van der Waals surface area contributed by atoms with Gasteiger partial charge in [0, 0.05) is 13.0 Å². The molecule has 100 valence electrons. The van der Waals surface area contributed by atoms with Crippen LogP contribution in [0.4, 0.5) is 0 Å². The van der Waals surface area contributed by atoms with Crippen molar-refractivity contribution in [2.24, 2.45) is 0 Å². The molecule has 0 heterocycles. The maximum Gasteiger partial charge on any atom is 0.326 e. The number of rotatable bonds is 7. The number of carbonyl (C=O) groups is 1. The molecule has 0 radical (unpaired) electrons. The number of hydrogen-bond donors (Lipinski definition) is 1. The number of likely N-dealkylation sites (N-methyl/N-ethyl adjacent to an activating group) is 1. The van der Waals surface area contributed by atoms with Gasteiger partial charge >= 0.3 is 5.97 Å². The summed E-state index contributed by atoms with van der Waals surface area (Å²) < 4.78 is 10.7. The van der Waals surface area contributed by atoms with E-state index in [1.165, 1.54) is 7.11 Å². The van der Waals surface area contributed by atoms with Crippen molar-refractivity contribution in [3.8, 4) is 0 Å². The number of methoxy groups -OCH3 is 1. The highest BCUT2D eigenvalue weighted by Gasteiger charge is 2.46. The van der Waals surface area contributed by atoms with Crippen LogP contribution in [0.15, 0.2) is 0 Å². The SMILES string of the molecule is CCCCOC1CCC(NCC)(C(=O)OC)C1. The highest BCUT2D eigenvalue weighted by Crippen LogP contribution is 2.33. The van der Waals surface area contributed by atoms with Crippen molar-refractivity contribution < 1.29 is 14.3 Å². The number of nitrogens with one attached hydrogen (secondary N) is 1. The maximum atomic E-state index is 11.9. The fourth-order valence-electron chi connectivity index (χ4n) is 2.49. The molecule has 0 bridgehead atoms. The average Bonchev–Trinajstić information content (AvgIpc) is 2.74. The molecule has 0 spiro atoms. The second-order valence-corrected chi connectivity index (χ2v) is 4.69. The zero-order valence-corrected chi connectivity index (χ0v) is 11.3. The molecular weight excluding hydrogens is 218 g/mol. The van der Waals surface area contributed by atoms with Crippen molar-refractivity contribution in [1.82, 2.24) is 5.32 Å². The average molecular weight is 243 g/mol. The van der Waals surface area contributed by atoms with Gasteiger partial charge < -0.3 is 14.8 Å². The highest BCUT2D eigenvalue weighted by molar-refractivity contribution is 5.81. The summed E-state index contributed by atoms with van der Waals surface area (Å²) in [6, 6.07) is 0. The van der Waals surface area contributed by atoms with Crippen LogP contribution in [0, 0.1) is 0 Å². The predicted octanol–water partition coefficient (Wildman–Crippen LogP) is 1.88. The van der Waals surface area contributed by atoms with Gasteiger partial charge in [-0.25, -0.2) is 0 Å². The molecule has 1 rings (SSSR count). The van der Waals surface area contributed by atoms with Crippen molar-refractivity contribution in [1.29, 1.82) is 0 Å². The first-order valence-electron chi connectivity index (χ1n) is 6.63. The highest BCUT2D eigenvalue weighted by atomic mass is 16.5. The van der Waals surface area contributed by atoms with Gasteiger partial charge in [0.25, 0.3) is 0 Å². The van der Waals surface area contributed by atoms with Crippen molar-refractivity contribution in [2.45, 2.75) is 57.6 Å². The molecule has 4 heteroatoms. The van der Waals surface area contributed by atoms with E-state index in [0.717, 1.165) is 45.3 Å². The number of unbranched alkanes of at least 4 members (excludes halogenated alkanes) is 1. The summed E-state index contributed by atoms with van der Waals surface area (Å²) in [7, 11) is 1.45. The minimum absolute atomic E-state index is 0.152. The Morgan fingerprint density at radius 1 is 1.47 bits per heavy atom. The van der Waals surface area contributed by atoms with E-state index in [1.807, 2.05) is 6.92 Å². The summed E-state index contributed by atoms with van der Waals surface area (Å²) in [5.74, 6) is -0.152. The van der Waals surface area contributed by atoms with Crippen LogP contribution in [0.2, 0.25) is 0 Å².